The van der Waals surface area contributed by atoms with Crippen molar-refractivity contribution in [2.45, 2.75) is 6.92 Å². The van der Waals surface area contributed by atoms with E-state index in [1.54, 1.807) is 0 Å². The molecule has 5 heterocycles. The summed E-state index contributed by atoms with van der Waals surface area (Å²) in [5.41, 5.74) is 12.2. The van der Waals surface area contributed by atoms with Gasteiger partial charge in [-0.05, 0) is 67.6 Å². The van der Waals surface area contributed by atoms with Crippen molar-refractivity contribution >= 4 is 124 Å². The molecule has 0 saturated carbocycles. The van der Waals surface area contributed by atoms with Gasteiger partial charge in [-0.1, -0.05) is 145 Å². The van der Waals surface area contributed by atoms with Gasteiger partial charge in [0, 0.05) is 63.3 Å². The fourth-order valence-corrected chi connectivity index (χ4v) is 13.1. The zero-order valence-corrected chi connectivity index (χ0v) is 38.5. The van der Waals surface area contributed by atoms with E-state index in [9.17, 15) is 11.8 Å². The van der Waals surface area contributed by atoms with Crippen molar-refractivity contribution in [3.8, 4) is 28.8 Å². The summed E-state index contributed by atoms with van der Waals surface area (Å²) in [7, 11) is 0. The molecule has 70 heavy (non-hydrogen) atoms. The summed E-state index contributed by atoms with van der Waals surface area (Å²) in [6.07, 6.45) is 0. The number of rotatable bonds is 4. The molecule has 0 aliphatic heterocycles. The third-order valence-electron chi connectivity index (χ3n) is 14.7. The number of para-hydroxylation sites is 6. The maximum Gasteiger partial charge on any atom is 0.237 e. The summed E-state index contributed by atoms with van der Waals surface area (Å²) in [5, 5.41) is 23.5. The van der Waals surface area contributed by atoms with Crippen LogP contribution in [0.4, 0.5) is 5.69 Å². The van der Waals surface area contributed by atoms with Gasteiger partial charge < -0.3 is 18.3 Å². The van der Waals surface area contributed by atoms with Crippen LogP contribution in [-0.2, 0) is 0 Å². The molecule has 0 amide bonds. The van der Waals surface area contributed by atoms with Crippen molar-refractivity contribution in [2.24, 2.45) is 0 Å². The number of nitrogens with zero attached hydrogens (tertiary/aromatic N) is 6. The summed E-state index contributed by atoms with van der Waals surface area (Å²) in [5.74, 6) is 0. The molecular formula is C63H36N6S. The molecule has 0 aliphatic carbocycles. The topological polar surface area (TPSA) is 47.9 Å². The van der Waals surface area contributed by atoms with Crippen LogP contribution in [0.25, 0.3) is 135 Å². The highest BCUT2D eigenvalue weighted by atomic mass is 32.1. The molecule has 15 rings (SSSR count). The largest absolute Gasteiger partial charge is 0.318 e. The Hall–Kier alpha value is -9.40. The van der Waals surface area contributed by atoms with Gasteiger partial charge >= 0.3 is 0 Å². The second-order valence-electron chi connectivity index (χ2n) is 18.2. The van der Waals surface area contributed by atoms with E-state index in [1.807, 2.05) is 23.5 Å². The van der Waals surface area contributed by atoms with Gasteiger partial charge in [-0.15, -0.1) is 11.3 Å². The molecule has 0 spiro atoms. The molecule has 0 N–H and O–H groups in total. The first kappa shape index (κ1) is 38.7. The summed E-state index contributed by atoms with van der Waals surface area (Å²) in [6, 6.07) is 73.6. The Morgan fingerprint density at radius 1 is 0.400 bits per heavy atom. The average molecular weight is 909 g/mol. The summed E-state index contributed by atoms with van der Waals surface area (Å²) >= 11 is 1.82. The molecule has 15 aromatic rings. The maximum absolute atomic E-state index is 12.4. The maximum atomic E-state index is 12.4. The predicted molar refractivity (Wildman–Crippen MR) is 292 cm³/mol. The second kappa shape index (κ2) is 14.3. The lowest BCUT2D eigenvalue weighted by atomic mass is 10.0. The summed E-state index contributed by atoms with van der Waals surface area (Å²) in [4.78, 5) is 4.73. The van der Waals surface area contributed by atoms with Gasteiger partial charge in [0.25, 0.3) is 0 Å². The molecule has 0 atom stereocenters. The molecule has 7 heteroatoms. The van der Waals surface area contributed by atoms with Crippen LogP contribution in [0.5, 0.6) is 0 Å². The van der Waals surface area contributed by atoms with Crippen LogP contribution in [0, 0.1) is 24.8 Å². The molecule has 324 valence electrons. The van der Waals surface area contributed by atoms with Crippen LogP contribution < -0.4 is 0 Å². The minimum absolute atomic E-state index is 0.374. The molecule has 10 aromatic carbocycles. The summed E-state index contributed by atoms with van der Waals surface area (Å²) in [6.45, 7) is 11.8. The fourth-order valence-electron chi connectivity index (χ4n) is 11.9. The van der Waals surface area contributed by atoms with E-state index in [0.717, 1.165) is 98.5 Å². The number of hydrogen-bond donors (Lipinski definition) is 0. The Labute approximate surface area is 404 Å². The molecule has 0 fully saturated rings. The van der Waals surface area contributed by atoms with E-state index in [1.165, 1.54) is 20.2 Å². The molecule has 0 unspecified atom stereocenters. The van der Waals surface area contributed by atoms with Gasteiger partial charge in [0.05, 0.1) is 79.0 Å². The van der Waals surface area contributed by atoms with Gasteiger partial charge in [-0.2, -0.15) is 5.26 Å². The van der Waals surface area contributed by atoms with Crippen molar-refractivity contribution in [3.63, 3.8) is 0 Å². The Kier molecular flexibility index (Phi) is 7.91. The van der Waals surface area contributed by atoms with Crippen molar-refractivity contribution in [1.29, 1.82) is 5.26 Å². The van der Waals surface area contributed by atoms with Crippen LogP contribution in [0.15, 0.2) is 200 Å². The first-order valence-electron chi connectivity index (χ1n) is 23.5. The highest BCUT2D eigenvalue weighted by Gasteiger charge is 2.35. The molecule has 0 radical (unpaired) electrons. The van der Waals surface area contributed by atoms with E-state index < -0.39 is 0 Å². The molecule has 0 bridgehead atoms. The highest BCUT2D eigenvalue weighted by molar-refractivity contribution is 7.26. The van der Waals surface area contributed by atoms with Crippen molar-refractivity contribution < 1.29 is 0 Å². The molecule has 6 nitrogen and oxygen atoms in total. The van der Waals surface area contributed by atoms with Crippen LogP contribution in [0.2, 0.25) is 0 Å². The average Bonchev–Trinajstić information content (AvgIpc) is 4.21. The normalized spacial score (nSPS) is 12.0. The van der Waals surface area contributed by atoms with Gasteiger partial charge in [0.1, 0.15) is 6.07 Å². The number of thiophene rings is 1. The number of hydrogen-bond acceptors (Lipinski definition) is 2. The van der Waals surface area contributed by atoms with Crippen LogP contribution in [0.3, 0.4) is 0 Å². The van der Waals surface area contributed by atoms with Crippen LogP contribution in [-0.4, -0.2) is 18.3 Å². The number of fused-ring (bicyclic) bond motifs is 16. The smallest absolute Gasteiger partial charge is 0.237 e. The lowest BCUT2D eigenvalue weighted by Crippen LogP contribution is -2.14. The Morgan fingerprint density at radius 3 is 1.29 bits per heavy atom. The van der Waals surface area contributed by atoms with Crippen molar-refractivity contribution in [3.05, 3.63) is 223 Å². The van der Waals surface area contributed by atoms with Crippen molar-refractivity contribution in [1.82, 2.24) is 18.3 Å². The van der Waals surface area contributed by atoms with E-state index in [4.69, 9.17) is 4.85 Å². The quantitative estimate of drug-likeness (QED) is 0.162. The Morgan fingerprint density at radius 2 is 0.800 bits per heavy atom. The van der Waals surface area contributed by atoms with Gasteiger partial charge in [0.15, 0.2) is 0 Å². The molecule has 0 saturated heterocycles. The first-order chi connectivity index (χ1) is 34.6. The number of benzene rings is 10. The molecule has 0 aliphatic rings. The number of aromatic nitrogens is 4. The van der Waals surface area contributed by atoms with Gasteiger partial charge in [-0.25, -0.2) is 4.85 Å². The van der Waals surface area contributed by atoms with E-state index >= 15 is 0 Å². The van der Waals surface area contributed by atoms with E-state index in [2.05, 4.69) is 219 Å². The molecular weight excluding hydrogens is 873 g/mol. The van der Waals surface area contributed by atoms with Crippen LogP contribution >= 0.6 is 11.3 Å². The lowest BCUT2D eigenvalue weighted by molar-refractivity contribution is 1.03. The fraction of sp³-hybridized carbons (Fsp3) is 0.0159. The Bertz CT molecular complexity index is 4570. The van der Waals surface area contributed by atoms with E-state index in [0.29, 0.717) is 28.3 Å². The Balaban J connectivity index is 1.29. The number of aryl methyl sites for hydroxylation is 1. The standard InChI is InChI=1S/C63H36N6S/c1-37-31-33-54-46(35-37)57-55(34-32-45-44-23-9-16-30-56(44)70-63(45)57)69(54)62-60(67-50-26-12-5-19-40(50)41-20-6-13-27-51(41)67)47(36-64)59(66-48-24-10-3-17-38(48)39-18-4-11-25-49(39)66)58(65-2)61(62)68-52-28-14-7-21-42(52)43-22-8-15-29-53(43)68/h3-35H,1H3. The van der Waals surface area contributed by atoms with Gasteiger partial charge in [-0.3, -0.25) is 0 Å². The number of nitriles is 1. The SMILES string of the molecule is [C-]#[N+]c1c(-n2c3ccccc3c3ccccc32)c(C#N)c(-n2c3ccccc3c3ccccc32)c(-n2c3ccc(C)cc3c3c4sc5ccccc5c4ccc32)c1-n1c2ccccc2c2ccccc21. The minimum atomic E-state index is 0.374. The lowest BCUT2D eigenvalue weighted by Gasteiger charge is -2.27. The first-order valence-corrected chi connectivity index (χ1v) is 24.3. The van der Waals surface area contributed by atoms with Crippen LogP contribution in [0.1, 0.15) is 11.1 Å². The van der Waals surface area contributed by atoms with E-state index in [-0.39, 0.29) is 0 Å². The second-order valence-corrected chi connectivity index (χ2v) is 19.3. The zero-order chi connectivity index (χ0) is 46.4. The zero-order valence-electron chi connectivity index (χ0n) is 37.6. The van der Waals surface area contributed by atoms with Crippen molar-refractivity contribution in [2.75, 3.05) is 0 Å². The monoisotopic (exact) mass is 908 g/mol. The third-order valence-corrected chi connectivity index (χ3v) is 15.9. The van der Waals surface area contributed by atoms with Gasteiger partial charge in [0.2, 0.25) is 5.69 Å². The summed E-state index contributed by atoms with van der Waals surface area (Å²) < 4.78 is 11.6. The predicted octanol–water partition coefficient (Wildman–Crippen LogP) is 17.2. The minimum Gasteiger partial charge on any atom is -0.318 e. The molecule has 5 aromatic heterocycles. The third kappa shape index (κ3) is 4.98. The highest BCUT2D eigenvalue weighted by Crippen LogP contribution is 2.53.